The maximum atomic E-state index is 12.3. The van der Waals surface area contributed by atoms with Crippen molar-refractivity contribution in [2.45, 2.75) is 32.7 Å². The Bertz CT molecular complexity index is 1070. The molecule has 0 aliphatic rings. The fourth-order valence-electron chi connectivity index (χ4n) is 3.31. The van der Waals surface area contributed by atoms with Crippen LogP contribution < -0.4 is 21.1 Å². The fraction of sp³-hybridized carbons (Fsp3) is 0.400. The van der Waals surface area contributed by atoms with E-state index in [4.69, 9.17) is 15.0 Å². The average Bonchev–Trinajstić information content (AvgIpc) is 3.13. The molecule has 0 amide bonds. The van der Waals surface area contributed by atoms with Gasteiger partial charge in [-0.1, -0.05) is 19.8 Å². The molecule has 1 aromatic carbocycles. The van der Waals surface area contributed by atoms with E-state index in [1.165, 1.54) is 13.2 Å². The number of fused-ring (bicyclic) bond motifs is 1. The highest BCUT2D eigenvalue weighted by Crippen LogP contribution is 2.40. The number of hydrogen-bond acceptors (Lipinski definition) is 7. The second-order valence-corrected chi connectivity index (χ2v) is 8.86. The summed E-state index contributed by atoms with van der Waals surface area (Å²) in [5.41, 5.74) is 8.15. The summed E-state index contributed by atoms with van der Waals surface area (Å²) < 4.78 is 24.5. The molecule has 2 heterocycles. The van der Waals surface area contributed by atoms with Crippen LogP contribution in [0.2, 0.25) is 0 Å². The number of nitrogen functional groups attached to an aromatic ring is 1. The SMILES string of the molecule is CCCCCNc1nc(N)nc2ccn(Cc3cc(P(=O)(O)OC)ccc3OC)c12. The minimum Gasteiger partial charge on any atom is -0.496 e. The van der Waals surface area contributed by atoms with Crippen molar-refractivity contribution >= 4 is 35.7 Å². The highest BCUT2D eigenvalue weighted by atomic mass is 31.2. The lowest BCUT2D eigenvalue weighted by molar-refractivity contribution is 0.328. The zero-order chi connectivity index (χ0) is 21.7. The normalized spacial score (nSPS) is 13.3. The van der Waals surface area contributed by atoms with E-state index in [1.54, 1.807) is 19.2 Å². The molecule has 0 aliphatic heterocycles. The van der Waals surface area contributed by atoms with Gasteiger partial charge in [-0.25, -0.2) is 4.98 Å². The van der Waals surface area contributed by atoms with Gasteiger partial charge in [0.1, 0.15) is 11.3 Å². The van der Waals surface area contributed by atoms with Crippen LogP contribution in [0.5, 0.6) is 5.75 Å². The Morgan fingerprint density at radius 3 is 2.73 bits per heavy atom. The number of unbranched alkanes of at least 4 members (excludes halogenated alkanes) is 2. The number of aromatic nitrogens is 3. The zero-order valence-corrected chi connectivity index (χ0v) is 18.4. The molecule has 10 heteroatoms. The minimum absolute atomic E-state index is 0.204. The molecule has 1 unspecified atom stereocenters. The van der Waals surface area contributed by atoms with Crippen molar-refractivity contribution in [1.29, 1.82) is 0 Å². The molecule has 0 saturated heterocycles. The number of rotatable bonds is 10. The van der Waals surface area contributed by atoms with Crippen LogP contribution in [0.4, 0.5) is 11.8 Å². The number of methoxy groups -OCH3 is 1. The molecule has 0 bridgehead atoms. The van der Waals surface area contributed by atoms with Crippen molar-refractivity contribution < 1.29 is 18.7 Å². The van der Waals surface area contributed by atoms with Gasteiger partial charge in [0.15, 0.2) is 5.82 Å². The number of benzene rings is 1. The maximum Gasteiger partial charge on any atom is 0.358 e. The monoisotopic (exact) mass is 433 g/mol. The molecule has 0 spiro atoms. The third kappa shape index (κ3) is 4.75. The topological polar surface area (TPSA) is 125 Å². The van der Waals surface area contributed by atoms with Gasteiger partial charge in [0.25, 0.3) is 0 Å². The summed E-state index contributed by atoms with van der Waals surface area (Å²) >= 11 is 0. The lowest BCUT2D eigenvalue weighted by Crippen LogP contribution is -2.11. The Balaban J connectivity index is 1.99. The number of nitrogens with one attached hydrogen (secondary N) is 1. The summed E-state index contributed by atoms with van der Waals surface area (Å²) in [6.07, 6.45) is 5.17. The van der Waals surface area contributed by atoms with Gasteiger partial charge < -0.3 is 29.8 Å². The number of hydrogen-bond donors (Lipinski definition) is 3. The Morgan fingerprint density at radius 2 is 2.03 bits per heavy atom. The molecule has 9 nitrogen and oxygen atoms in total. The van der Waals surface area contributed by atoms with Crippen LogP contribution in [0.25, 0.3) is 11.0 Å². The van der Waals surface area contributed by atoms with Crippen LogP contribution in [0.3, 0.4) is 0 Å². The highest BCUT2D eigenvalue weighted by molar-refractivity contribution is 7.61. The summed E-state index contributed by atoms with van der Waals surface area (Å²) in [6, 6.07) is 6.69. The van der Waals surface area contributed by atoms with E-state index in [-0.39, 0.29) is 11.3 Å². The van der Waals surface area contributed by atoms with Crippen LogP contribution in [-0.4, -0.2) is 40.2 Å². The highest BCUT2D eigenvalue weighted by Gasteiger charge is 2.22. The first-order chi connectivity index (χ1) is 14.4. The molecule has 0 saturated carbocycles. The van der Waals surface area contributed by atoms with Crippen LogP contribution in [-0.2, 0) is 15.6 Å². The van der Waals surface area contributed by atoms with E-state index >= 15 is 0 Å². The van der Waals surface area contributed by atoms with E-state index in [1.807, 2.05) is 16.8 Å². The molecule has 0 radical (unpaired) electrons. The smallest absolute Gasteiger partial charge is 0.358 e. The van der Waals surface area contributed by atoms with Crippen molar-refractivity contribution in [1.82, 2.24) is 14.5 Å². The van der Waals surface area contributed by atoms with Gasteiger partial charge >= 0.3 is 7.60 Å². The predicted molar refractivity (Wildman–Crippen MR) is 119 cm³/mol. The first-order valence-corrected chi connectivity index (χ1v) is 11.4. The second-order valence-electron chi connectivity index (χ2n) is 6.94. The predicted octanol–water partition coefficient (Wildman–Crippen LogP) is 3.13. The number of anilines is 2. The quantitative estimate of drug-likeness (QED) is 0.329. The molecular formula is C20H28N5O4P. The van der Waals surface area contributed by atoms with E-state index in [9.17, 15) is 9.46 Å². The van der Waals surface area contributed by atoms with Gasteiger partial charge in [-0.15, -0.1) is 0 Å². The molecule has 162 valence electrons. The van der Waals surface area contributed by atoms with Crippen molar-refractivity contribution in [3.05, 3.63) is 36.0 Å². The number of nitrogens with zero attached hydrogens (tertiary/aromatic N) is 3. The van der Waals surface area contributed by atoms with Gasteiger partial charge in [-0.3, -0.25) is 4.57 Å². The van der Waals surface area contributed by atoms with Crippen LogP contribution in [0.15, 0.2) is 30.5 Å². The molecule has 30 heavy (non-hydrogen) atoms. The molecule has 4 N–H and O–H groups in total. The van der Waals surface area contributed by atoms with Gasteiger partial charge in [0.05, 0.1) is 24.5 Å². The molecule has 3 aromatic rings. The van der Waals surface area contributed by atoms with Crippen molar-refractivity contribution in [3.8, 4) is 5.75 Å². The Hall–Kier alpha value is -2.61. The van der Waals surface area contributed by atoms with Crippen LogP contribution in [0, 0.1) is 0 Å². The molecule has 3 rings (SSSR count). The maximum absolute atomic E-state index is 12.3. The molecule has 1 atom stereocenters. The molecule has 0 fully saturated rings. The van der Waals surface area contributed by atoms with Crippen molar-refractivity contribution in [2.24, 2.45) is 0 Å². The first kappa shape index (κ1) is 22.1. The minimum atomic E-state index is -3.88. The van der Waals surface area contributed by atoms with Crippen molar-refractivity contribution in [3.63, 3.8) is 0 Å². The first-order valence-electron chi connectivity index (χ1n) is 9.81. The summed E-state index contributed by atoms with van der Waals surface area (Å²) in [5, 5.41) is 3.57. The second kappa shape index (κ2) is 9.47. The standard InChI is InChI=1S/C20H28N5O4P/c1-4-5-6-10-22-19-18-16(23-20(21)24-19)9-11-25(18)13-14-12-15(30(26,27)29-3)7-8-17(14)28-2/h7-9,11-12H,4-6,10,13H2,1-3H3,(H,26,27)(H3,21,22,23,24). The van der Waals surface area contributed by atoms with Crippen LogP contribution >= 0.6 is 7.60 Å². The van der Waals surface area contributed by atoms with Gasteiger partial charge in [0, 0.05) is 25.4 Å². The molecular weight excluding hydrogens is 405 g/mol. The largest absolute Gasteiger partial charge is 0.496 e. The average molecular weight is 433 g/mol. The Kier molecular flexibility index (Phi) is 6.97. The van der Waals surface area contributed by atoms with Gasteiger partial charge in [-0.2, -0.15) is 4.98 Å². The van der Waals surface area contributed by atoms with Gasteiger partial charge in [-0.05, 0) is 30.7 Å². The Morgan fingerprint density at radius 1 is 1.23 bits per heavy atom. The lowest BCUT2D eigenvalue weighted by Gasteiger charge is -2.15. The lowest BCUT2D eigenvalue weighted by atomic mass is 10.2. The van der Waals surface area contributed by atoms with Crippen molar-refractivity contribution in [2.75, 3.05) is 31.8 Å². The third-order valence-electron chi connectivity index (χ3n) is 4.88. The van der Waals surface area contributed by atoms with E-state index in [2.05, 4.69) is 22.2 Å². The number of nitrogens with two attached hydrogens (primary N) is 1. The van der Waals surface area contributed by atoms with E-state index in [0.29, 0.717) is 18.1 Å². The Labute approximate surface area is 175 Å². The summed E-state index contributed by atoms with van der Waals surface area (Å²) in [4.78, 5) is 18.7. The zero-order valence-electron chi connectivity index (χ0n) is 17.5. The third-order valence-corrected chi connectivity index (χ3v) is 6.30. The van der Waals surface area contributed by atoms with Crippen LogP contribution in [0.1, 0.15) is 31.7 Å². The summed E-state index contributed by atoms with van der Waals surface area (Å²) in [6.45, 7) is 3.33. The summed E-state index contributed by atoms with van der Waals surface area (Å²) in [5.74, 6) is 1.48. The van der Waals surface area contributed by atoms with E-state index in [0.717, 1.165) is 42.4 Å². The fourth-order valence-corrected chi connectivity index (χ4v) is 4.11. The molecule has 0 aliphatic carbocycles. The number of ether oxygens (including phenoxy) is 1. The van der Waals surface area contributed by atoms with Gasteiger partial charge in [0.2, 0.25) is 5.95 Å². The summed E-state index contributed by atoms with van der Waals surface area (Å²) in [7, 11) is -1.11. The van der Waals surface area contributed by atoms with E-state index < -0.39 is 7.60 Å². The molecule has 2 aromatic heterocycles.